The van der Waals surface area contributed by atoms with Gasteiger partial charge in [-0.25, -0.2) is 4.79 Å². The van der Waals surface area contributed by atoms with Crippen LogP contribution in [-0.2, 0) is 11.2 Å². The lowest BCUT2D eigenvalue weighted by atomic mass is 10.1. The molecule has 0 heterocycles. The molecule has 1 aromatic carbocycles. The number of nitro benzene ring substituents is 1. The zero-order valence-electron chi connectivity index (χ0n) is 9.96. The summed E-state index contributed by atoms with van der Waals surface area (Å²) in [6, 6.07) is 5.61. The summed E-state index contributed by atoms with van der Waals surface area (Å²) in [7, 11) is 0. The van der Waals surface area contributed by atoms with Crippen LogP contribution in [0.5, 0.6) is 0 Å². The molecule has 8 heteroatoms. The quantitative estimate of drug-likeness (QED) is 0.512. The van der Waals surface area contributed by atoms with Crippen molar-refractivity contribution in [3.63, 3.8) is 0 Å². The summed E-state index contributed by atoms with van der Waals surface area (Å²) < 4.78 is 0. The van der Waals surface area contributed by atoms with E-state index in [4.69, 9.17) is 5.11 Å². The van der Waals surface area contributed by atoms with Crippen molar-refractivity contribution in [3.05, 3.63) is 39.9 Å². The van der Waals surface area contributed by atoms with Gasteiger partial charge in [0.15, 0.2) is 0 Å². The minimum absolute atomic E-state index is 0.00440. The summed E-state index contributed by atoms with van der Waals surface area (Å²) in [5.74, 6) is -1.14. The number of urea groups is 1. The van der Waals surface area contributed by atoms with Crippen LogP contribution in [0.1, 0.15) is 5.56 Å². The molecule has 1 rings (SSSR count). The fourth-order valence-corrected chi connectivity index (χ4v) is 1.43. The van der Waals surface area contributed by atoms with Crippen LogP contribution in [0.25, 0.3) is 0 Å². The molecule has 19 heavy (non-hydrogen) atoms. The summed E-state index contributed by atoms with van der Waals surface area (Å²) in [6.45, 7) is -0.298. The second-order valence-electron chi connectivity index (χ2n) is 3.64. The second kappa shape index (κ2) is 6.94. The summed E-state index contributed by atoms with van der Waals surface area (Å²) in [5, 5.41) is 23.6. The van der Waals surface area contributed by atoms with Crippen LogP contribution in [0, 0.1) is 10.1 Å². The number of amides is 2. The van der Waals surface area contributed by atoms with E-state index in [-0.39, 0.29) is 18.7 Å². The number of rotatable bonds is 6. The Labute approximate surface area is 108 Å². The van der Waals surface area contributed by atoms with Crippen LogP contribution >= 0.6 is 0 Å². The summed E-state index contributed by atoms with van der Waals surface area (Å²) in [5.41, 5.74) is 0.501. The van der Waals surface area contributed by atoms with Crippen molar-refractivity contribution < 1.29 is 19.6 Å². The Morgan fingerprint density at radius 3 is 2.58 bits per heavy atom. The molecular formula is C11H13N3O5. The highest BCUT2D eigenvalue weighted by atomic mass is 16.6. The third-order valence-electron chi connectivity index (χ3n) is 2.27. The van der Waals surface area contributed by atoms with Crippen molar-refractivity contribution in [2.24, 2.45) is 0 Å². The Kier molecular flexibility index (Phi) is 5.27. The SMILES string of the molecule is O=C(O)CNC(=O)NCCc1ccccc1[N+](=O)[O-]. The molecule has 0 saturated carbocycles. The number of nitro groups is 1. The van der Waals surface area contributed by atoms with Crippen LogP contribution in [0.15, 0.2) is 24.3 Å². The Bertz CT molecular complexity index is 489. The first-order valence-electron chi connectivity index (χ1n) is 5.46. The van der Waals surface area contributed by atoms with Gasteiger partial charge in [0.1, 0.15) is 6.54 Å². The normalized spacial score (nSPS) is 9.68. The molecule has 0 aliphatic rings. The van der Waals surface area contributed by atoms with Crippen molar-refractivity contribution >= 4 is 17.7 Å². The Balaban J connectivity index is 2.43. The highest BCUT2D eigenvalue weighted by Gasteiger charge is 2.12. The van der Waals surface area contributed by atoms with Gasteiger partial charge in [0.05, 0.1) is 4.92 Å². The second-order valence-corrected chi connectivity index (χ2v) is 3.64. The number of carboxylic acid groups (broad SMARTS) is 1. The number of aliphatic carboxylic acids is 1. The van der Waals surface area contributed by atoms with Crippen LogP contribution in [0.2, 0.25) is 0 Å². The monoisotopic (exact) mass is 267 g/mol. The molecule has 0 bridgehead atoms. The molecule has 0 aliphatic heterocycles. The van der Waals surface area contributed by atoms with Gasteiger partial charge in [0.2, 0.25) is 0 Å². The summed E-state index contributed by atoms with van der Waals surface area (Å²) in [4.78, 5) is 31.6. The van der Waals surface area contributed by atoms with Crippen molar-refractivity contribution in [2.45, 2.75) is 6.42 Å². The zero-order chi connectivity index (χ0) is 14.3. The minimum Gasteiger partial charge on any atom is -0.480 e. The van der Waals surface area contributed by atoms with E-state index in [0.717, 1.165) is 0 Å². The van der Waals surface area contributed by atoms with E-state index in [9.17, 15) is 19.7 Å². The molecular weight excluding hydrogens is 254 g/mol. The molecule has 0 atom stereocenters. The molecule has 8 nitrogen and oxygen atoms in total. The van der Waals surface area contributed by atoms with Crippen molar-refractivity contribution in [1.82, 2.24) is 10.6 Å². The van der Waals surface area contributed by atoms with E-state index in [0.29, 0.717) is 5.56 Å². The number of para-hydroxylation sites is 1. The van der Waals surface area contributed by atoms with Crippen LogP contribution < -0.4 is 10.6 Å². The number of carbonyl (C=O) groups excluding carboxylic acids is 1. The van der Waals surface area contributed by atoms with Gasteiger partial charge in [0, 0.05) is 18.2 Å². The number of carboxylic acids is 1. The van der Waals surface area contributed by atoms with E-state index in [1.807, 2.05) is 0 Å². The van der Waals surface area contributed by atoms with Gasteiger partial charge in [-0.15, -0.1) is 0 Å². The third kappa shape index (κ3) is 5.02. The fraction of sp³-hybridized carbons (Fsp3) is 0.273. The lowest BCUT2D eigenvalue weighted by Gasteiger charge is -2.06. The van der Waals surface area contributed by atoms with E-state index in [1.54, 1.807) is 18.2 Å². The number of hydrogen-bond donors (Lipinski definition) is 3. The first kappa shape index (κ1) is 14.4. The van der Waals surface area contributed by atoms with Gasteiger partial charge in [-0.2, -0.15) is 0 Å². The number of hydrogen-bond acceptors (Lipinski definition) is 4. The van der Waals surface area contributed by atoms with E-state index in [1.165, 1.54) is 6.07 Å². The zero-order valence-corrected chi connectivity index (χ0v) is 9.96. The molecule has 0 saturated heterocycles. The van der Waals surface area contributed by atoms with E-state index < -0.39 is 23.5 Å². The lowest BCUT2D eigenvalue weighted by Crippen LogP contribution is -2.39. The topological polar surface area (TPSA) is 122 Å². The summed E-state index contributed by atoms with van der Waals surface area (Å²) in [6.07, 6.45) is 0.289. The smallest absolute Gasteiger partial charge is 0.323 e. The number of nitrogens with one attached hydrogen (secondary N) is 2. The molecule has 1 aromatic rings. The lowest BCUT2D eigenvalue weighted by molar-refractivity contribution is -0.385. The highest BCUT2D eigenvalue weighted by Crippen LogP contribution is 2.17. The fourth-order valence-electron chi connectivity index (χ4n) is 1.43. The molecule has 0 unspecified atom stereocenters. The first-order valence-corrected chi connectivity index (χ1v) is 5.46. The van der Waals surface area contributed by atoms with Crippen molar-refractivity contribution in [3.8, 4) is 0 Å². The minimum atomic E-state index is -1.14. The van der Waals surface area contributed by atoms with Crippen LogP contribution in [0.4, 0.5) is 10.5 Å². The van der Waals surface area contributed by atoms with Gasteiger partial charge >= 0.3 is 12.0 Å². The molecule has 0 aromatic heterocycles. The molecule has 2 amide bonds. The molecule has 0 radical (unpaired) electrons. The highest BCUT2D eigenvalue weighted by molar-refractivity contribution is 5.79. The molecule has 0 fully saturated rings. The Morgan fingerprint density at radius 2 is 1.95 bits per heavy atom. The van der Waals surface area contributed by atoms with Gasteiger partial charge in [0.25, 0.3) is 5.69 Å². The molecule has 0 spiro atoms. The predicted molar refractivity (Wildman–Crippen MR) is 65.8 cm³/mol. The molecule has 102 valence electrons. The van der Waals surface area contributed by atoms with Crippen molar-refractivity contribution in [1.29, 1.82) is 0 Å². The summed E-state index contributed by atoms with van der Waals surface area (Å²) >= 11 is 0. The maximum atomic E-state index is 11.1. The van der Waals surface area contributed by atoms with Crippen LogP contribution in [-0.4, -0.2) is 35.1 Å². The van der Waals surface area contributed by atoms with Crippen LogP contribution in [0.3, 0.4) is 0 Å². The maximum absolute atomic E-state index is 11.1. The van der Waals surface area contributed by atoms with E-state index in [2.05, 4.69) is 10.6 Å². The number of benzene rings is 1. The van der Waals surface area contributed by atoms with Gasteiger partial charge in [-0.05, 0) is 6.42 Å². The Hall–Kier alpha value is -2.64. The van der Waals surface area contributed by atoms with Gasteiger partial charge < -0.3 is 15.7 Å². The largest absolute Gasteiger partial charge is 0.480 e. The number of nitrogens with zero attached hydrogens (tertiary/aromatic N) is 1. The standard InChI is InChI=1S/C11H13N3O5/c15-10(16)7-13-11(17)12-6-5-8-3-1-2-4-9(8)14(18)19/h1-4H,5-7H2,(H,15,16)(H2,12,13,17). The molecule has 0 aliphatic carbocycles. The van der Waals surface area contributed by atoms with Gasteiger partial charge in [-0.3, -0.25) is 14.9 Å². The predicted octanol–water partition coefficient (Wildman–Crippen LogP) is 0.521. The van der Waals surface area contributed by atoms with E-state index >= 15 is 0 Å². The first-order chi connectivity index (χ1) is 9.00. The van der Waals surface area contributed by atoms with Crippen molar-refractivity contribution in [2.75, 3.05) is 13.1 Å². The maximum Gasteiger partial charge on any atom is 0.323 e. The third-order valence-corrected chi connectivity index (χ3v) is 2.27. The average Bonchev–Trinajstić information content (AvgIpc) is 2.36. The average molecular weight is 267 g/mol. The Morgan fingerprint density at radius 1 is 1.26 bits per heavy atom. The van der Waals surface area contributed by atoms with Gasteiger partial charge in [-0.1, -0.05) is 18.2 Å². The molecule has 3 N–H and O–H groups in total. The number of carbonyl (C=O) groups is 2.